The number of aliphatic hydroxyl groups is 19. The Morgan fingerprint density at radius 3 is 1.13 bits per heavy atom. The number of Topliss-reactive ketones (excluding diaryl/α,β-unsaturated/α-hetero) is 1. The van der Waals surface area contributed by atoms with Crippen LogP contribution in [-0.2, 0) is 85.6 Å². The second-order valence-electron chi connectivity index (χ2n) is 36.7. The minimum atomic E-state index is -3.48. The van der Waals surface area contributed by atoms with Crippen molar-refractivity contribution in [3.8, 4) is 0 Å². The molecule has 6 aliphatic heterocycles. The predicted molar refractivity (Wildman–Crippen MR) is 464 cm³/mol. The molecule has 42 heteroatoms. The summed E-state index contributed by atoms with van der Waals surface area (Å²) in [5.74, 6) is -16.0. The van der Waals surface area contributed by atoms with Crippen LogP contribution in [0, 0.1) is 5.92 Å². The summed E-state index contributed by atoms with van der Waals surface area (Å²) in [5, 5.41) is 246. The lowest BCUT2D eigenvalue weighted by Gasteiger charge is -2.53. The lowest BCUT2D eigenvalue weighted by Crippen LogP contribution is -2.71. The van der Waals surface area contributed by atoms with Crippen molar-refractivity contribution >= 4 is 35.4 Å². The van der Waals surface area contributed by atoms with E-state index in [1.165, 1.54) is 135 Å². The number of hydrogen-bond donors (Lipinski definition) is 24. The van der Waals surface area contributed by atoms with Crippen LogP contribution in [0.4, 0.5) is 0 Å². The number of aliphatic hydroxyl groups excluding tert-OH is 19. The molecule has 6 aliphatic rings. The second-order valence-corrected chi connectivity index (χ2v) is 36.7. The monoisotopic (exact) mass is 1910 g/mol. The average molecular weight is 1910 g/mol. The van der Waals surface area contributed by atoms with Gasteiger partial charge in [-0.2, -0.15) is 0 Å². The van der Waals surface area contributed by atoms with Crippen LogP contribution >= 0.6 is 0 Å². The summed E-state index contributed by atoms with van der Waals surface area (Å²) in [7, 11) is 0. The van der Waals surface area contributed by atoms with Crippen LogP contribution < -0.4 is 16.0 Å². The van der Waals surface area contributed by atoms with Crippen LogP contribution in [0.25, 0.3) is 0 Å². The van der Waals surface area contributed by atoms with Gasteiger partial charge in [0, 0.05) is 45.4 Å². The third-order valence-electron chi connectivity index (χ3n) is 25.9. The van der Waals surface area contributed by atoms with Gasteiger partial charge in [-0.25, -0.2) is 9.59 Å². The zero-order valence-corrected chi connectivity index (χ0v) is 77.5. The Morgan fingerprint density at radius 2 is 0.735 bits per heavy atom. The van der Waals surface area contributed by atoms with E-state index in [4.69, 9.17) is 56.8 Å². The minimum Gasteiger partial charge on any atom is -0.477 e. The summed E-state index contributed by atoms with van der Waals surface area (Å²) in [6, 6.07) is -4.68. The number of carboxylic acids is 2. The normalized spacial score (nSPS) is 34.2. The van der Waals surface area contributed by atoms with Gasteiger partial charge in [0.15, 0.2) is 25.2 Å². The molecule has 6 heterocycles. The zero-order valence-electron chi connectivity index (χ0n) is 77.5. The minimum absolute atomic E-state index is 0.123. The third-order valence-corrected chi connectivity index (χ3v) is 25.9. The molecule has 42 nitrogen and oxygen atoms in total. The fourth-order valence-electron chi connectivity index (χ4n) is 18.3. The van der Waals surface area contributed by atoms with Crippen molar-refractivity contribution in [1.82, 2.24) is 16.0 Å². The van der Waals surface area contributed by atoms with Crippen molar-refractivity contribution in [2.24, 2.45) is 5.92 Å². The van der Waals surface area contributed by atoms with Crippen molar-refractivity contribution < 1.29 is 193 Å². The number of carbonyl (C=O) groups excluding carboxylic acids is 4. The van der Waals surface area contributed by atoms with Crippen LogP contribution in [-0.4, -0.2) is 390 Å². The topological polar surface area (TPSA) is 674 Å². The predicted octanol–water partition coefficient (Wildman–Crippen LogP) is -0.604. The van der Waals surface area contributed by atoms with E-state index in [0.29, 0.717) is 12.8 Å². The molecule has 0 aliphatic carbocycles. The lowest BCUT2D eigenvalue weighted by atomic mass is 9.86. The number of ketones is 1. The lowest BCUT2D eigenvalue weighted by molar-refractivity contribution is -0.408. The van der Waals surface area contributed by atoms with E-state index < -0.39 is 302 Å². The fourth-order valence-corrected chi connectivity index (χ4v) is 18.3. The molecule has 0 radical (unpaired) electrons. The number of carboxylic acid groups (broad SMARTS) is 2. The van der Waals surface area contributed by atoms with Crippen LogP contribution in [0.3, 0.4) is 0 Å². The molecule has 34 unspecified atom stereocenters. The largest absolute Gasteiger partial charge is 0.477 e. The van der Waals surface area contributed by atoms with Gasteiger partial charge in [0.2, 0.25) is 17.7 Å². The Morgan fingerprint density at radius 1 is 0.386 bits per heavy atom. The molecule has 0 spiro atoms. The number of nitrogens with one attached hydrogen (secondary N) is 3. The van der Waals surface area contributed by atoms with E-state index in [0.717, 1.165) is 85.0 Å². The maximum Gasteiger partial charge on any atom is 0.364 e. The summed E-state index contributed by atoms with van der Waals surface area (Å²) in [6.45, 7) is -0.507. The highest BCUT2D eigenvalue weighted by Gasteiger charge is 2.64. The average Bonchev–Trinajstić information content (AvgIpc) is 0.742. The molecule has 3 amide bonds. The van der Waals surface area contributed by atoms with Crippen molar-refractivity contribution in [3.63, 3.8) is 0 Å². The van der Waals surface area contributed by atoms with Crippen molar-refractivity contribution in [1.29, 1.82) is 0 Å². The smallest absolute Gasteiger partial charge is 0.364 e. The molecule has 0 saturated carbocycles. The first-order chi connectivity index (χ1) is 63.1. The molecule has 0 aromatic heterocycles. The SMILES string of the molecule is CCCCCCCCCCCCCCCCCCCCCCC(=O)NC(COC1OC(CO)C(OC2OC(CO)C(OC3OC(CO)C(O)C(OC4OC(CO)C(O)C(OC5(C(=O)O)CC(O)C(NC(C)=O)C(C(O)C(O)CO)O5)C4O)C3CC(C)=O)C(OC3(C(=O)O)CC(O)C(NC(C)=O)C(C(O)C(O)CO)O3)C2O)C(O)C1O)C(O)CCCCCCCCCCCCCCC. The van der Waals surface area contributed by atoms with Crippen molar-refractivity contribution in [2.45, 2.75) is 480 Å². The molecule has 0 bridgehead atoms. The van der Waals surface area contributed by atoms with Crippen LogP contribution in [0.5, 0.6) is 0 Å². The number of hydrogen-bond acceptors (Lipinski definition) is 37. The number of carbonyl (C=O) groups is 6. The Labute approximate surface area is 773 Å². The summed E-state index contributed by atoms with van der Waals surface area (Å²) >= 11 is 0. The molecule has 6 saturated heterocycles. The van der Waals surface area contributed by atoms with Crippen LogP contribution in [0.15, 0.2) is 0 Å². The van der Waals surface area contributed by atoms with Gasteiger partial charge < -0.3 is 185 Å². The van der Waals surface area contributed by atoms with E-state index in [1.807, 2.05) is 0 Å². The van der Waals surface area contributed by atoms with Gasteiger partial charge >= 0.3 is 11.9 Å². The van der Waals surface area contributed by atoms with Gasteiger partial charge in [-0.15, -0.1) is 0 Å². The van der Waals surface area contributed by atoms with Gasteiger partial charge in [-0.05, 0) is 19.8 Å². The summed E-state index contributed by atoms with van der Waals surface area (Å²) in [4.78, 5) is 79.9. The molecule has 132 heavy (non-hydrogen) atoms. The standard InChI is InChI=1S/C90H161N3O39/c1-6-8-10-12-14-16-18-20-21-22-23-24-25-26-28-30-32-34-36-38-40-65(108)93-55(56(103)39-37-35-33-31-29-27-19-17-15-13-11-9-7-2)50-121-84-73(114)72(113)77(63(48-98)124-84)127-86-75(116)82(132-90(88(119)120)43-58(105)67(92-53(5)102)80(130-90)69(110)60(107)45-95)78(64(49-99)125-86)128-83-54(41-51(3)100)76(70(111)61(46-96)122-83)126-85-74(115)81(71(112)62(47-97)123-85)131-89(87(117)118)42-57(104)66(91-52(4)101)79(129-89)68(109)59(106)44-94/h54-64,66-86,94-99,103-107,109-116H,6-50H2,1-5H3,(H,91,101)(H,92,102)(H,93,108)(H,117,118)(H,119,120). The summed E-state index contributed by atoms with van der Waals surface area (Å²) in [5.41, 5.74) is 0. The highest BCUT2D eigenvalue weighted by Crippen LogP contribution is 2.45. The van der Waals surface area contributed by atoms with Crippen molar-refractivity contribution in [2.75, 3.05) is 46.2 Å². The third kappa shape index (κ3) is 35.2. The van der Waals surface area contributed by atoms with Crippen LogP contribution in [0.1, 0.15) is 279 Å². The molecular formula is C90H161N3O39. The molecule has 6 rings (SSSR count). The van der Waals surface area contributed by atoms with Crippen LogP contribution in [0.2, 0.25) is 0 Å². The molecule has 24 N–H and O–H groups in total. The number of aliphatic carboxylic acids is 2. The van der Waals surface area contributed by atoms with Gasteiger partial charge in [-0.1, -0.05) is 219 Å². The summed E-state index contributed by atoms with van der Waals surface area (Å²) in [6.07, 6.45) is -27.1. The first-order valence-corrected chi connectivity index (χ1v) is 48.3. The number of unbranched alkanes of at least 4 members (excludes halogenated alkanes) is 31. The van der Waals surface area contributed by atoms with E-state index in [9.17, 15) is 136 Å². The van der Waals surface area contributed by atoms with Gasteiger partial charge in [0.05, 0.1) is 88.8 Å². The molecular weight excluding hydrogens is 1750 g/mol. The van der Waals surface area contributed by atoms with Gasteiger partial charge in [0.1, 0.15) is 128 Å². The van der Waals surface area contributed by atoms with Gasteiger partial charge in [0.25, 0.3) is 11.6 Å². The number of ether oxygens (including phenoxy) is 12. The highest BCUT2D eigenvalue weighted by atomic mass is 16.8. The Hall–Kier alpha value is -4.22. The highest BCUT2D eigenvalue weighted by molar-refractivity contribution is 5.78. The van der Waals surface area contributed by atoms with E-state index >= 15 is 0 Å². The Balaban J connectivity index is 1.26. The molecule has 770 valence electrons. The van der Waals surface area contributed by atoms with E-state index in [1.54, 1.807) is 0 Å². The molecule has 0 aromatic carbocycles. The maximum absolute atomic E-state index is 14.1. The molecule has 6 fully saturated rings. The van der Waals surface area contributed by atoms with E-state index in [-0.39, 0.29) is 18.7 Å². The summed E-state index contributed by atoms with van der Waals surface area (Å²) < 4.78 is 72.9. The molecule has 0 aromatic rings. The van der Waals surface area contributed by atoms with Crippen molar-refractivity contribution in [3.05, 3.63) is 0 Å². The van der Waals surface area contributed by atoms with E-state index in [2.05, 4.69) is 29.8 Å². The number of rotatable bonds is 66. The Bertz CT molecular complexity index is 3240. The quantitative estimate of drug-likeness (QED) is 0.0338. The first-order valence-electron chi connectivity index (χ1n) is 48.3. The number of amides is 3. The molecule has 34 atom stereocenters. The fraction of sp³-hybridized carbons (Fsp3) is 0.933. The second kappa shape index (κ2) is 60.7. The van der Waals surface area contributed by atoms with Gasteiger partial charge in [-0.3, -0.25) is 14.4 Å². The zero-order chi connectivity index (χ0) is 97.4. The first kappa shape index (κ1) is 116. The Kier molecular flexibility index (Phi) is 53.6. The maximum atomic E-state index is 14.1.